The second-order valence-corrected chi connectivity index (χ2v) is 7.27. The number of halogens is 2. The lowest BCUT2D eigenvalue weighted by Crippen LogP contribution is -2.49. The average Bonchev–Trinajstić information content (AvgIpc) is 3.16. The van der Waals surface area contributed by atoms with Crippen LogP contribution in [0.25, 0.3) is 0 Å². The fraction of sp³-hybridized carbons (Fsp3) is 0.389. The second kappa shape index (κ2) is 6.16. The van der Waals surface area contributed by atoms with E-state index < -0.39 is 11.6 Å². The highest BCUT2D eigenvalue weighted by molar-refractivity contribution is 7.14. The number of amides is 1. The maximum absolute atomic E-state index is 13.9. The fourth-order valence-corrected chi connectivity index (χ4v) is 4.27. The Labute approximate surface area is 143 Å². The molecule has 2 aromatic rings. The molecule has 1 amide bonds. The molecule has 2 aliphatic rings. The number of nitrogens with zero attached hydrogens (tertiary/aromatic N) is 2. The largest absolute Gasteiger partial charge is 0.360 e. The molecule has 1 aromatic heterocycles. The Morgan fingerprint density at radius 1 is 1.04 bits per heavy atom. The summed E-state index contributed by atoms with van der Waals surface area (Å²) in [6.07, 6.45) is 0.543. The molecule has 2 heterocycles. The van der Waals surface area contributed by atoms with Crippen molar-refractivity contribution in [3.8, 4) is 0 Å². The van der Waals surface area contributed by atoms with Crippen LogP contribution in [-0.2, 0) is 4.79 Å². The summed E-state index contributed by atoms with van der Waals surface area (Å²) in [6, 6.07) is 7.99. The Kier molecular flexibility index (Phi) is 4.00. The van der Waals surface area contributed by atoms with Gasteiger partial charge in [0.25, 0.3) is 0 Å². The summed E-state index contributed by atoms with van der Waals surface area (Å²) < 4.78 is 27.7. The molecule has 0 bridgehead atoms. The summed E-state index contributed by atoms with van der Waals surface area (Å²) in [7, 11) is 0. The summed E-state index contributed by atoms with van der Waals surface area (Å²) >= 11 is 1.70. The van der Waals surface area contributed by atoms with Crippen molar-refractivity contribution in [1.29, 1.82) is 0 Å². The van der Waals surface area contributed by atoms with Gasteiger partial charge in [0.2, 0.25) is 5.91 Å². The highest BCUT2D eigenvalue weighted by Crippen LogP contribution is 2.50. The summed E-state index contributed by atoms with van der Waals surface area (Å²) in [4.78, 5) is 16.7. The number of thiophene rings is 1. The molecule has 24 heavy (non-hydrogen) atoms. The first-order chi connectivity index (χ1) is 11.6. The number of benzene rings is 1. The van der Waals surface area contributed by atoms with Gasteiger partial charge in [0, 0.05) is 43.6 Å². The van der Waals surface area contributed by atoms with E-state index in [-0.39, 0.29) is 23.3 Å². The standard InChI is InChI=1S/C18H18F2N2OS/c19-14-3-1-4-15(20)17(14)12-11-13(12)18(23)22-8-6-21(7-9-22)16-5-2-10-24-16/h1-5,10,12-13H,6-9,11H2/t12-,13-/m0/s1. The predicted octanol–water partition coefficient (Wildman–Crippen LogP) is 3.48. The van der Waals surface area contributed by atoms with Crippen molar-refractivity contribution in [1.82, 2.24) is 4.90 Å². The lowest BCUT2D eigenvalue weighted by atomic mass is 10.1. The average molecular weight is 348 g/mol. The lowest BCUT2D eigenvalue weighted by molar-refractivity contribution is -0.132. The van der Waals surface area contributed by atoms with Crippen LogP contribution in [0.2, 0.25) is 0 Å². The molecule has 6 heteroatoms. The Hall–Kier alpha value is -1.95. The third-order valence-corrected chi connectivity index (χ3v) is 5.82. The molecule has 1 aliphatic carbocycles. The van der Waals surface area contributed by atoms with Crippen LogP contribution in [0.1, 0.15) is 17.9 Å². The van der Waals surface area contributed by atoms with Crippen LogP contribution in [0.4, 0.5) is 13.8 Å². The van der Waals surface area contributed by atoms with Crippen LogP contribution in [0.3, 0.4) is 0 Å². The maximum atomic E-state index is 13.9. The lowest BCUT2D eigenvalue weighted by Gasteiger charge is -2.35. The van der Waals surface area contributed by atoms with Crippen LogP contribution < -0.4 is 4.90 Å². The first-order valence-corrected chi connectivity index (χ1v) is 9.04. The summed E-state index contributed by atoms with van der Waals surface area (Å²) in [6.45, 7) is 2.94. The molecule has 0 unspecified atom stereocenters. The van der Waals surface area contributed by atoms with Crippen molar-refractivity contribution in [2.75, 3.05) is 31.1 Å². The zero-order valence-electron chi connectivity index (χ0n) is 13.1. The van der Waals surface area contributed by atoms with Crippen LogP contribution >= 0.6 is 11.3 Å². The predicted molar refractivity (Wildman–Crippen MR) is 90.3 cm³/mol. The molecule has 2 fully saturated rings. The Balaban J connectivity index is 1.38. The number of rotatable bonds is 3. The number of carbonyl (C=O) groups is 1. The fourth-order valence-electron chi connectivity index (χ4n) is 3.48. The van der Waals surface area contributed by atoms with Crippen molar-refractivity contribution < 1.29 is 13.6 Å². The Morgan fingerprint density at radius 3 is 2.38 bits per heavy atom. The van der Waals surface area contributed by atoms with Crippen LogP contribution in [0.5, 0.6) is 0 Å². The number of piperazine rings is 1. The van der Waals surface area contributed by atoms with Gasteiger partial charge in [-0.3, -0.25) is 4.79 Å². The Bertz CT molecular complexity index is 721. The second-order valence-electron chi connectivity index (χ2n) is 6.35. The molecule has 1 saturated carbocycles. The quantitative estimate of drug-likeness (QED) is 0.848. The van der Waals surface area contributed by atoms with Crippen molar-refractivity contribution >= 4 is 22.2 Å². The summed E-state index contributed by atoms with van der Waals surface area (Å²) in [5, 5.41) is 3.27. The van der Waals surface area contributed by atoms with E-state index >= 15 is 0 Å². The third kappa shape index (κ3) is 2.79. The van der Waals surface area contributed by atoms with E-state index in [1.165, 1.54) is 23.2 Å². The zero-order valence-corrected chi connectivity index (χ0v) is 13.9. The van der Waals surface area contributed by atoms with Gasteiger partial charge in [-0.1, -0.05) is 6.07 Å². The zero-order chi connectivity index (χ0) is 16.7. The molecule has 1 saturated heterocycles. The van der Waals surface area contributed by atoms with Gasteiger partial charge in [-0.05, 0) is 36.1 Å². The van der Waals surface area contributed by atoms with Gasteiger partial charge in [-0.2, -0.15) is 0 Å². The van der Waals surface area contributed by atoms with Crippen LogP contribution in [0.15, 0.2) is 35.7 Å². The van der Waals surface area contributed by atoms with E-state index in [1.807, 2.05) is 16.3 Å². The normalized spacial score (nSPS) is 23.4. The number of carbonyl (C=O) groups excluding carboxylic acids is 1. The molecule has 0 radical (unpaired) electrons. The Morgan fingerprint density at radius 2 is 1.75 bits per heavy atom. The molecular formula is C18H18F2N2OS. The van der Waals surface area contributed by atoms with Crippen molar-refractivity contribution in [3.05, 3.63) is 52.9 Å². The van der Waals surface area contributed by atoms with Gasteiger partial charge < -0.3 is 9.80 Å². The minimum absolute atomic E-state index is 0.0356. The highest BCUT2D eigenvalue weighted by atomic mass is 32.1. The maximum Gasteiger partial charge on any atom is 0.226 e. The third-order valence-electron chi connectivity index (χ3n) is 4.89. The van der Waals surface area contributed by atoms with Gasteiger partial charge in [0.15, 0.2) is 0 Å². The molecule has 126 valence electrons. The van der Waals surface area contributed by atoms with Crippen LogP contribution in [-0.4, -0.2) is 37.0 Å². The molecular weight excluding hydrogens is 330 g/mol. The van der Waals surface area contributed by atoms with Gasteiger partial charge in [0.05, 0.1) is 5.00 Å². The number of hydrogen-bond acceptors (Lipinski definition) is 3. The smallest absolute Gasteiger partial charge is 0.226 e. The van der Waals surface area contributed by atoms with E-state index in [0.717, 1.165) is 13.1 Å². The summed E-state index contributed by atoms with van der Waals surface area (Å²) in [5.74, 6) is -1.64. The molecule has 0 N–H and O–H groups in total. The van der Waals surface area contributed by atoms with E-state index in [1.54, 1.807) is 11.3 Å². The number of anilines is 1. The minimum atomic E-state index is -0.544. The van der Waals surface area contributed by atoms with E-state index in [9.17, 15) is 13.6 Å². The van der Waals surface area contributed by atoms with Crippen molar-refractivity contribution in [2.24, 2.45) is 5.92 Å². The highest BCUT2D eigenvalue weighted by Gasteiger charge is 2.48. The SMILES string of the molecule is O=C([C@H]1C[C@@H]1c1c(F)cccc1F)N1CCN(c2cccs2)CC1. The molecule has 1 aromatic carbocycles. The molecule has 1 aliphatic heterocycles. The van der Waals surface area contributed by atoms with Gasteiger partial charge in [0.1, 0.15) is 11.6 Å². The van der Waals surface area contributed by atoms with Crippen molar-refractivity contribution in [3.63, 3.8) is 0 Å². The molecule has 2 atom stereocenters. The van der Waals surface area contributed by atoms with Gasteiger partial charge in [-0.25, -0.2) is 8.78 Å². The van der Waals surface area contributed by atoms with E-state index in [4.69, 9.17) is 0 Å². The van der Waals surface area contributed by atoms with Crippen LogP contribution in [0, 0.1) is 17.6 Å². The van der Waals surface area contributed by atoms with Gasteiger partial charge in [-0.15, -0.1) is 11.3 Å². The topological polar surface area (TPSA) is 23.6 Å². The monoisotopic (exact) mass is 348 g/mol. The molecule has 4 rings (SSSR count). The first-order valence-electron chi connectivity index (χ1n) is 8.16. The summed E-state index contributed by atoms with van der Waals surface area (Å²) in [5.41, 5.74) is 0.0769. The molecule has 3 nitrogen and oxygen atoms in total. The van der Waals surface area contributed by atoms with E-state index in [2.05, 4.69) is 11.0 Å². The number of hydrogen-bond donors (Lipinski definition) is 0. The molecule has 0 spiro atoms. The van der Waals surface area contributed by atoms with Crippen molar-refractivity contribution in [2.45, 2.75) is 12.3 Å². The first kappa shape index (κ1) is 15.6. The van der Waals surface area contributed by atoms with E-state index in [0.29, 0.717) is 19.5 Å². The minimum Gasteiger partial charge on any atom is -0.360 e. The van der Waals surface area contributed by atoms with Gasteiger partial charge >= 0.3 is 0 Å².